The van der Waals surface area contributed by atoms with Crippen LogP contribution in [0.25, 0.3) is 0 Å². The minimum atomic E-state index is -3.38. The van der Waals surface area contributed by atoms with Crippen molar-refractivity contribution in [2.75, 3.05) is 26.2 Å². The molecule has 1 aliphatic rings. The van der Waals surface area contributed by atoms with Crippen LogP contribution in [0.4, 0.5) is 4.39 Å². The lowest BCUT2D eigenvalue weighted by molar-refractivity contribution is 0.143. The van der Waals surface area contributed by atoms with Crippen LogP contribution in [0.3, 0.4) is 0 Å². The zero-order valence-corrected chi connectivity index (χ0v) is 19.8. The molecule has 33 heavy (non-hydrogen) atoms. The van der Waals surface area contributed by atoms with Crippen molar-refractivity contribution in [3.63, 3.8) is 0 Å². The molecule has 1 saturated heterocycles. The minimum absolute atomic E-state index is 0.00249. The number of hydrogen-bond donors (Lipinski definition) is 0. The number of sulfonamides is 1. The Morgan fingerprint density at radius 2 is 1.76 bits per heavy atom. The van der Waals surface area contributed by atoms with E-state index in [1.165, 1.54) is 28.6 Å². The van der Waals surface area contributed by atoms with Gasteiger partial charge in [-0.1, -0.05) is 30.3 Å². The molecule has 0 spiro atoms. The highest BCUT2D eigenvalue weighted by Gasteiger charge is 2.27. The minimum Gasteiger partial charge on any atom is -0.481 e. The predicted molar refractivity (Wildman–Crippen MR) is 123 cm³/mol. The molecular formula is C22H25FN4O4S2. The lowest BCUT2D eigenvalue weighted by atomic mass is 10.2. The van der Waals surface area contributed by atoms with Crippen molar-refractivity contribution < 1.29 is 22.0 Å². The Hall–Kier alpha value is -2.60. The van der Waals surface area contributed by atoms with Gasteiger partial charge in [-0.15, -0.1) is 5.10 Å². The number of aromatic nitrogens is 2. The summed E-state index contributed by atoms with van der Waals surface area (Å²) in [6.07, 6.45) is -0.515. The van der Waals surface area contributed by atoms with Gasteiger partial charge in [-0.2, -0.15) is 4.31 Å². The maximum Gasteiger partial charge on any atom is 0.288 e. The molecule has 1 fully saturated rings. The highest BCUT2D eigenvalue weighted by molar-refractivity contribution is 7.88. The molecule has 2 aromatic carbocycles. The molecule has 11 heteroatoms. The van der Waals surface area contributed by atoms with E-state index in [1.807, 2.05) is 30.3 Å². The summed E-state index contributed by atoms with van der Waals surface area (Å²) in [4.78, 5) is 2.28. The van der Waals surface area contributed by atoms with Crippen molar-refractivity contribution in [2.24, 2.45) is 0 Å². The summed E-state index contributed by atoms with van der Waals surface area (Å²) in [5, 5.41) is 4.41. The van der Waals surface area contributed by atoms with Gasteiger partial charge in [0.1, 0.15) is 11.6 Å². The van der Waals surface area contributed by atoms with Crippen LogP contribution in [0, 0.1) is 10.7 Å². The predicted octanol–water partition coefficient (Wildman–Crippen LogP) is 3.59. The van der Waals surface area contributed by atoms with Crippen LogP contribution in [-0.2, 0) is 22.4 Å². The van der Waals surface area contributed by atoms with Gasteiger partial charge in [0.25, 0.3) is 10.7 Å². The smallest absolute Gasteiger partial charge is 0.288 e. The SMILES string of the molecule is C[C@H](Oc1ccc(F)cc1)c1nn(CN2CCN(S(=O)(=O)Cc3ccccc3)CC2)c(=S)o1. The molecular weight excluding hydrogens is 467 g/mol. The molecule has 0 saturated carbocycles. The molecule has 8 nitrogen and oxygen atoms in total. The summed E-state index contributed by atoms with van der Waals surface area (Å²) in [7, 11) is -3.38. The average Bonchev–Trinajstić information content (AvgIpc) is 3.16. The van der Waals surface area contributed by atoms with Gasteiger partial charge < -0.3 is 9.15 Å². The standard InChI is InChI=1S/C22H25FN4O4S2/c1-17(30-20-9-7-19(23)8-10-20)21-24-27(22(32)31-21)16-25-11-13-26(14-12-25)33(28,29)15-18-5-3-2-4-6-18/h2-10,17H,11-16H2,1H3/t17-/m0/s1. The van der Waals surface area contributed by atoms with Crippen LogP contribution in [-0.4, -0.2) is 53.6 Å². The third-order valence-corrected chi connectivity index (χ3v) is 7.49. The lowest BCUT2D eigenvalue weighted by Crippen LogP contribution is -2.49. The molecule has 0 unspecified atom stereocenters. The average molecular weight is 493 g/mol. The number of piperazine rings is 1. The van der Waals surface area contributed by atoms with E-state index in [0.29, 0.717) is 44.5 Å². The first kappa shape index (κ1) is 23.6. The summed E-state index contributed by atoms with van der Waals surface area (Å²) in [5.41, 5.74) is 0.776. The second kappa shape index (κ2) is 10.1. The van der Waals surface area contributed by atoms with E-state index in [0.717, 1.165) is 5.56 Å². The van der Waals surface area contributed by atoms with Gasteiger partial charge in [0, 0.05) is 26.2 Å². The molecule has 176 valence electrons. The molecule has 0 amide bonds. The molecule has 0 aliphatic carbocycles. The van der Waals surface area contributed by atoms with Crippen molar-refractivity contribution >= 4 is 22.2 Å². The van der Waals surface area contributed by atoms with Gasteiger partial charge >= 0.3 is 0 Å². The van der Waals surface area contributed by atoms with E-state index in [4.69, 9.17) is 21.4 Å². The molecule has 2 heterocycles. The zero-order valence-electron chi connectivity index (χ0n) is 18.1. The second-order valence-electron chi connectivity index (χ2n) is 7.82. The third-order valence-electron chi connectivity index (χ3n) is 5.35. The summed E-state index contributed by atoms with van der Waals surface area (Å²) in [6.45, 7) is 4.07. The number of ether oxygens (including phenoxy) is 1. The lowest BCUT2D eigenvalue weighted by Gasteiger charge is -2.33. The zero-order chi connectivity index (χ0) is 23.4. The van der Waals surface area contributed by atoms with Gasteiger partial charge in [0.15, 0.2) is 6.10 Å². The van der Waals surface area contributed by atoms with Gasteiger partial charge in [-0.3, -0.25) is 4.90 Å². The molecule has 1 aromatic heterocycles. The Balaban J connectivity index is 1.33. The summed E-state index contributed by atoms with van der Waals surface area (Å²) >= 11 is 5.29. The Morgan fingerprint density at radius 1 is 1.09 bits per heavy atom. The molecule has 0 bridgehead atoms. The summed E-state index contributed by atoms with van der Waals surface area (Å²) in [5.74, 6) is 0.461. The van der Waals surface area contributed by atoms with Gasteiger partial charge in [0.05, 0.1) is 12.4 Å². The molecule has 3 aromatic rings. The van der Waals surface area contributed by atoms with Gasteiger partial charge in [0.2, 0.25) is 10.0 Å². The first-order valence-electron chi connectivity index (χ1n) is 10.5. The van der Waals surface area contributed by atoms with E-state index >= 15 is 0 Å². The van der Waals surface area contributed by atoms with Crippen LogP contribution in [0.15, 0.2) is 59.0 Å². The molecule has 0 radical (unpaired) electrons. The van der Waals surface area contributed by atoms with E-state index in [9.17, 15) is 12.8 Å². The fourth-order valence-electron chi connectivity index (χ4n) is 3.56. The number of nitrogens with zero attached hydrogens (tertiary/aromatic N) is 4. The van der Waals surface area contributed by atoms with E-state index in [1.54, 1.807) is 11.6 Å². The Morgan fingerprint density at radius 3 is 2.42 bits per heavy atom. The maximum absolute atomic E-state index is 13.1. The van der Waals surface area contributed by atoms with Crippen LogP contribution >= 0.6 is 12.2 Å². The molecule has 0 N–H and O–H groups in total. The van der Waals surface area contributed by atoms with E-state index < -0.39 is 16.1 Å². The van der Waals surface area contributed by atoms with Gasteiger partial charge in [-0.25, -0.2) is 17.5 Å². The summed E-state index contributed by atoms with van der Waals surface area (Å²) in [6, 6.07) is 14.9. The Bertz CT molecular complexity index is 1220. The summed E-state index contributed by atoms with van der Waals surface area (Å²) < 4.78 is 53.0. The van der Waals surface area contributed by atoms with Crippen molar-refractivity contribution in [1.29, 1.82) is 0 Å². The number of benzene rings is 2. The Kier molecular flexibility index (Phi) is 7.23. The Labute approximate surface area is 197 Å². The quantitative estimate of drug-likeness (QED) is 0.445. The number of halogens is 1. The highest BCUT2D eigenvalue weighted by atomic mass is 32.2. The van der Waals surface area contributed by atoms with Crippen LogP contribution in [0.5, 0.6) is 5.75 Å². The molecule has 1 atom stereocenters. The van der Waals surface area contributed by atoms with Gasteiger partial charge in [-0.05, 0) is 49.0 Å². The fraction of sp³-hybridized carbons (Fsp3) is 0.364. The largest absolute Gasteiger partial charge is 0.481 e. The fourth-order valence-corrected chi connectivity index (χ4v) is 5.26. The number of hydrogen-bond acceptors (Lipinski definition) is 7. The normalized spacial score (nSPS) is 16.5. The second-order valence-corrected chi connectivity index (χ2v) is 10.1. The van der Waals surface area contributed by atoms with Crippen LogP contribution in [0.1, 0.15) is 24.5 Å². The van der Waals surface area contributed by atoms with Crippen molar-refractivity contribution in [2.45, 2.75) is 25.4 Å². The van der Waals surface area contributed by atoms with Crippen molar-refractivity contribution in [3.8, 4) is 5.75 Å². The topological polar surface area (TPSA) is 80.8 Å². The van der Waals surface area contributed by atoms with Crippen molar-refractivity contribution in [3.05, 3.63) is 76.7 Å². The number of rotatable bonds is 8. The third kappa shape index (κ3) is 6.05. The maximum atomic E-state index is 13.1. The highest BCUT2D eigenvalue weighted by Crippen LogP contribution is 2.21. The van der Waals surface area contributed by atoms with E-state index in [2.05, 4.69) is 10.00 Å². The monoisotopic (exact) mass is 492 g/mol. The van der Waals surface area contributed by atoms with Crippen LogP contribution in [0.2, 0.25) is 0 Å². The first-order valence-corrected chi connectivity index (χ1v) is 12.6. The van der Waals surface area contributed by atoms with Crippen LogP contribution < -0.4 is 4.74 Å². The van der Waals surface area contributed by atoms with E-state index in [-0.39, 0.29) is 16.4 Å². The molecule has 4 rings (SSSR count). The first-order chi connectivity index (χ1) is 15.8. The van der Waals surface area contributed by atoms with Crippen molar-refractivity contribution in [1.82, 2.24) is 19.0 Å². The molecule has 1 aliphatic heterocycles.